The third-order valence-corrected chi connectivity index (χ3v) is 3.91. The van der Waals surface area contributed by atoms with Crippen molar-refractivity contribution in [3.63, 3.8) is 0 Å². The molecule has 0 saturated carbocycles. The lowest BCUT2D eigenvalue weighted by atomic mass is 10.1. The van der Waals surface area contributed by atoms with E-state index in [4.69, 9.17) is 0 Å². The van der Waals surface area contributed by atoms with Gasteiger partial charge in [0.1, 0.15) is 0 Å². The van der Waals surface area contributed by atoms with E-state index in [-0.39, 0.29) is 11.2 Å². The number of hydrogen-bond acceptors (Lipinski definition) is 3. The highest BCUT2D eigenvalue weighted by Crippen LogP contribution is 2.29. The molecule has 0 saturated heterocycles. The molecule has 1 amide bonds. The summed E-state index contributed by atoms with van der Waals surface area (Å²) in [7, 11) is 0. The molecule has 0 N–H and O–H groups in total. The molecule has 16 heavy (non-hydrogen) atoms. The lowest BCUT2D eigenvalue weighted by Crippen LogP contribution is -2.17. The maximum atomic E-state index is 11.6. The number of amides is 1. The van der Waals surface area contributed by atoms with Gasteiger partial charge in [0.05, 0.1) is 10.3 Å². The molecule has 1 aliphatic heterocycles. The van der Waals surface area contributed by atoms with Crippen LogP contribution in [-0.4, -0.2) is 21.2 Å². The topological polar surface area (TPSA) is 42.3 Å². The number of rotatable bonds is 3. The van der Waals surface area contributed by atoms with Crippen LogP contribution in [0.5, 0.6) is 0 Å². The molecule has 84 valence electrons. The smallest absolute Gasteiger partial charge is 0.260 e. The van der Waals surface area contributed by atoms with E-state index in [1.165, 1.54) is 0 Å². The number of pyridine rings is 1. The van der Waals surface area contributed by atoms with E-state index in [0.717, 1.165) is 10.7 Å². The summed E-state index contributed by atoms with van der Waals surface area (Å²) in [6.07, 6.45) is 2.43. The highest BCUT2D eigenvalue weighted by molar-refractivity contribution is 8.15. The first kappa shape index (κ1) is 11.3. The number of aliphatic imine (C=N–C) groups is 1. The number of thioether (sulfide) groups is 1. The molecule has 0 spiro atoms. The SMILES string of the molecule is CC(C)C1SC(Cc2ccccn2)=NC1=O. The number of carbonyl (C=O) groups is 1. The zero-order chi connectivity index (χ0) is 11.5. The molecule has 1 aromatic heterocycles. The van der Waals surface area contributed by atoms with Gasteiger partial charge in [0.2, 0.25) is 0 Å². The normalized spacial score (nSPS) is 20.3. The predicted octanol–water partition coefficient (Wildman–Crippen LogP) is 2.32. The van der Waals surface area contributed by atoms with Crippen LogP contribution in [0, 0.1) is 5.92 Å². The van der Waals surface area contributed by atoms with Crippen LogP contribution in [0.1, 0.15) is 19.5 Å². The summed E-state index contributed by atoms with van der Waals surface area (Å²) in [5, 5.41) is 0.890. The second-order valence-electron chi connectivity index (χ2n) is 4.12. The van der Waals surface area contributed by atoms with Gasteiger partial charge in [0.25, 0.3) is 5.91 Å². The molecular formula is C12H14N2OS. The van der Waals surface area contributed by atoms with Gasteiger partial charge in [0, 0.05) is 18.3 Å². The molecule has 2 heterocycles. The van der Waals surface area contributed by atoms with E-state index >= 15 is 0 Å². The zero-order valence-corrected chi connectivity index (χ0v) is 10.2. The fraction of sp³-hybridized carbons (Fsp3) is 0.417. The summed E-state index contributed by atoms with van der Waals surface area (Å²) in [4.78, 5) is 19.9. The Labute approximate surface area is 99.4 Å². The molecule has 0 aliphatic carbocycles. The summed E-state index contributed by atoms with van der Waals surface area (Å²) in [5.74, 6) is 0.341. The van der Waals surface area contributed by atoms with Crippen molar-refractivity contribution in [2.45, 2.75) is 25.5 Å². The van der Waals surface area contributed by atoms with Crippen LogP contribution in [0.25, 0.3) is 0 Å². The first-order chi connectivity index (χ1) is 7.66. The number of carbonyl (C=O) groups excluding carboxylic acids is 1. The first-order valence-electron chi connectivity index (χ1n) is 5.35. The van der Waals surface area contributed by atoms with Crippen LogP contribution in [-0.2, 0) is 11.2 Å². The van der Waals surface area contributed by atoms with Crippen molar-refractivity contribution >= 4 is 22.7 Å². The molecule has 1 aromatic rings. The van der Waals surface area contributed by atoms with Gasteiger partial charge >= 0.3 is 0 Å². The highest BCUT2D eigenvalue weighted by Gasteiger charge is 2.30. The Morgan fingerprint density at radius 3 is 2.81 bits per heavy atom. The number of hydrogen-bond donors (Lipinski definition) is 0. The molecule has 3 nitrogen and oxygen atoms in total. The van der Waals surface area contributed by atoms with Crippen LogP contribution in [0.4, 0.5) is 0 Å². The van der Waals surface area contributed by atoms with Gasteiger partial charge in [-0.1, -0.05) is 31.7 Å². The third kappa shape index (κ3) is 2.50. The standard InChI is InChI=1S/C12H14N2OS/c1-8(2)11-12(15)14-10(16-11)7-9-5-3-4-6-13-9/h3-6,8,11H,7H2,1-2H3. The summed E-state index contributed by atoms with van der Waals surface area (Å²) >= 11 is 1.58. The fourth-order valence-electron chi connectivity index (χ4n) is 1.57. The fourth-order valence-corrected chi connectivity index (χ4v) is 2.66. The summed E-state index contributed by atoms with van der Waals surface area (Å²) in [5.41, 5.74) is 0.964. The van der Waals surface area contributed by atoms with Crippen molar-refractivity contribution in [1.29, 1.82) is 0 Å². The molecule has 1 aliphatic rings. The predicted molar refractivity (Wildman–Crippen MR) is 66.6 cm³/mol. The second kappa shape index (κ2) is 4.78. The van der Waals surface area contributed by atoms with Crippen molar-refractivity contribution < 1.29 is 4.79 Å². The molecule has 0 radical (unpaired) electrons. The van der Waals surface area contributed by atoms with Gasteiger partial charge in [0.15, 0.2) is 0 Å². The van der Waals surface area contributed by atoms with Gasteiger partial charge in [-0.05, 0) is 18.1 Å². The molecule has 0 aromatic carbocycles. The van der Waals surface area contributed by atoms with Gasteiger partial charge in [-0.15, -0.1) is 0 Å². The monoisotopic (exact) mass is 234 g/mol. The van der Waals surface area contributed by atoms with Gasteiger partial charge in [-0.2, -0.15) is 0 Å². The minimum atomic E-state index is -0.00119. The third-order valence-electron chi connectivity index (χ3n) is 2.41. The minimum Gasteiger partial charge on any atom is -0.271 e. The Balaban J connectivity index is 2.04. The van der Waals surface area contributed by atoms with Crippen LogP contribution in [0.15, 0.2) is 29.4 Å². The summed E-state index contributed by atoms with van der Waals surface area (Å²) < 4.78 is 0. The molecule has 4 heteroatoms. The Morgan fingerprint density at radius 1 is 1.44 bits per heavy atom. The maximum Gasteiger partial charge on any atom is 0.260 e. The van der Waals surface area contributed by atoms with Crippen molar-refractivity contribution in [3.05, 3.63) is 30.1 Å². The lowest BCUT2D eigenvalue weighted by Gasteiger charge is -2.09. The lowest BCUT2D eigenvalue weighted by molar-refractivity contribution is -0.117. The Hall–Kier alpha value is -1.16. The summed E-state index contributed by atoms with van der Waals surface area (Å²) in [6.45, 7) is 4.10. The Bertz CT molecular complexity index is 414. The summed E-state index contributed by atoms with van der Waals surface area (Å²) in [6, 6.07) is 5.79. The second-order valence-corrected chi connectivity index (χ2v) is 5.34. The van der Waals surface area contributed by atoms with Gasteiger partial charge in [-0.3, -0.25) is 9.78 Å². The van der Waals surface area contributed by atoms with Crippen molar-refractivity contribution in [2.24, 2.45) is 10.9 Å². The van der Waals surface area contributed by atoms with E-state index < -0.39 is 0 Å². The Morgan fingerprint density at radius 2 is 2.25 bits per heavy atom. The van der Waals surface area contributed by atoms with E-state index in [9.17, 15) is 4.79 Å². The van der Waals surface area contributed by atoms with E-state index in [2.05, 4.69) is 23.8 Å². The minimum absolute atomic E-state index is 0.00119. The van der Waals surface area contributed by atoms with E-state index in [0.29, 0.717) is 12.3 Å². The quantitative estimate of drug-likeness (QED) is 0.806. The molecule has 2 rings (SSSR count). The van der Waals surface area contributed by atoms with Crippen molar-refractivity contribution in [1.82, 2.24) is 4.98 Å². The van der Waals surface area contributed by atoms with Crippen LogP contribution in [0.3, 0.4) is 0 Å². The highest BCUT2D eigenvalue weighted by atomic mass is 32.2. The van der Waals surface area contributed by atoms with Crippen LogP contribution < -0.4 is 0 Å². The van der Waals surface area contributed by atoms with E-state index in [1.54, 1.807) is 18.0 Å². The van der Waals surface area contributed by atoms with Gasteiger partial charge < -0.3 is 0 Å². The van der Waals surface area contributed by atoms with E-state index in [1.807, 2.05) is 18.2 Å². The molecular weight excluding hydrogens is 220 g/mol. The number of aromatic nitrogens is 1. The molecule has 0 bridgehead atoms. The van der Waals surface area contributed by atoms with Gasteiger partial charge in [-0.25, -0.2) is 4.99 Å². The largest absolute Gasteiger partial charge is 0.271 e. The van der Waals surface area contributed by atoms with Crippen LogP contribution >= 0.6 is 11.8 Å². The zero-order valence-electron chi connectivity index (χ0n) is 9.38. The molecule has 1 unspecified atom stereocenters. The Kier molecular flexibility index (Phi) is 3.39. The number of nitrogens with zero attached hydrogens (tertiary/aromatic N) is 2. The average Bonchev–Trinajstić information content (AvgIpc) is 2.61. The molecule has 1 atom stereocenters. The maximum absolute atomic E-state index is 11.6. The first-order valence-corrected chi connectivity index (χ1v) is 6.23. The van der Waals surface area contributed by atoms with Crippen molar-refractivity contribution in [3.8, 4) is 0 Å². The molecule has 0 fully saturated rings. The van der Waals surface area contributed by atoms with Crippen LogP contribution in [0.2, 0.25) is 0 Å². The van der Waals surface area contributed by atoms with Crippen molar-refractivity contribution in [2.75, 3.05) is 0 Å². The average molecular weight is 234 g/mol.